The van der Waals surface area contributed by atoms with E-state index in [1.54, 1.807) is 0 Å². The topological polar surface area (TPSA) is 29.3 Å². The van der Waals surface area contributed by atoms with Crippen LogP contribution in [0.15, 0.2) is 18.2 Å². The largest absolute Gasteiger partial charge is 0.329 e. The van der Waals surface area contributed by atoms with Gasteiger partial charge in [0.05, 0.1) is 0 Å². The first kappa shape index (κ1) is 14.5. The van der Waals surface area contributed by atoms with Gasteiger partial charge in [-0.1, -0.05) is 36.2 Å². The molecule has 0 amide bonds. The van der Waals surface area contributed by atoms with E-state index in [1.807, 2.05) is 0 Å². The highest BCUT2D eigenvalue weighted by atomic mass is 15.2. The lowest BCUT2D eigenvalue weighted by Gasteiger charge is -2.43. The van der Waals surface area contributed by atoms with Crippen LogP contribution < -0.4 is 5.73 Å². The molecule has 0 spiro atoms. The summed E-state index contributed by atoms with van der Waals surface area (Å²) in [4.78, 5) is 2.61. The molecule has 1 heterocycles. The van der Waals surface area contributed by atoms with Crippen LogP contribution in [0.5, 0.6) is 0 Å². The Morgan fingerprint density at radius 1 is 1.21 bits per heavy atom. The molecule has 2 N–H and O–H groups in total. The Balaban J connectivity index is 2.28. The number of nitrogens with two attached hydrogens (primary N) is 1. The summed E-state index contributed by atoms with van der Waals surface area (Å²) in [5.74, 6) is 0.772. The van der Waals surface area contributed by atoms with Crippen molar-refractivity contribution in [2.75, 3.05) is 13.1 Å². The van der Waals surface area contributed by atoms with Crippen LogP contribution in [0.2, 0.25) is 0 Å². The molecule has 106 valence electrons. The Bertz CT molecular complexity index is 407. The zero-order chi connectivity index (χ0) is 14.0. The Kier molecular flexibility index (Phi) is 4.64. The van der Waals surface area contributed by atoms with Crippen LogP contribution in [0.3, 0.4) is 0 Å². The molecule has 0 aromatic heterocycles. The van der Waals surface area contributed by atoms with Gasteiger partial charge in [-0.05, 0) is 51.6 Å². The lowest BCUT2D eigenvalue weighted by molar-refractivity contribution is 0.0709. The average molecular weight is 260 g/mol. The minimum absolute atomic E-state index is 0.372. The van der Waals surface area contributed by atoms with Crippen molar-refractivity contribution in [1.29, 1.82) is 0 Å². The first-order valence-corrected chi connectivity index (χ1v) is 7.57. The SMILES string of the molecule is Cc1cc(C)cc(C(CN)N2CCCC(C)C2C)c1. The third kappa shape index (κ3) is 3.18. The second-order valence-corrected chi connectivity index (χ2v) is 6.27. The van der Waals surface area contributed by atoms with Gasteiger partial charge in [0.1, 0.15) is 0 Å². The van der Waals surface area contributed by atoms with Gasteiger partial charge < -0.3 is 5.73 Å². The van der Waals surface area contributed by atoms with Crippen molar-refractivity contribution in [1.82, 2.24) is 4.90 Å². The van der Waals surface area contributed by atoms with Crippen LogP contribution in [-0.2, 0) is 0 Å². The van der Waals surface area contributed by atoms with E-state index in [0.717, 1.165) is 5.92 Å². The minimum Gasteiger partial charge on any atom is -0.329 e. The third-order valence-corrected chi connectivity index (χ3v) is 4.67. The third-order valence-electron chi connectivity index (χ3n) is 4.67. The van der Waals surface area contributed by atoms with Gasteiger partial charge in [0.2, 0.25) is 0 Å². The smallest absolute Gasteiger partial charge is 0.0473 e. The molecule has 0 aliphatic carbocycles. The van der Waals surface area contributed by atoms with E-state index in [0.29, 0.717) is 18.6 Å². The number of aryl methyl sites for hydroxylation is 2. The summed E-state index contributed by atoms with van der Waals surface area (Å²) in [6.07, 6.45) is 2.65. The number of hydrogen-bond donors (Lipinski definition) is 1. The second-order valence-electron chi connectivity index (χ2n) is 6.27. The fraction of sp³-hybridized carbons (Fsp3) is 0.647. The number of rotatable bonds is 3. The van der Waals surface area contributed by atoms with Crippen molar-refractivity contribution in [3.63, 3.8) is 0 Å². The van der Waals surface area contributed by atoms with Crippen molar-refractivity contribution < 1.29 is 0 Å². The van der Waals surface area contributed by atoms with E-state index in [-0.39, 0.29) is 0 Å². The van der Waals surface area contributed by atoms with Gasteiger partial charge in [0.15, 0.2) is 0 Å². The lowest BCUT2D eigenvalue weighted by atomic mass is 9.89. The van der Waals surface area contributed by atoms with Crippen LogP contribution >= 0.6 is 0 Å². The molecule has 19 heavy (non-hydrogen) atoms. The van der Waals surface area contributed by atoms with E-state index >= 15 is 0 Å². The summed E-state index contributed by atoms with van der Waals surface area (Å²) in [6, 6.07) is 7.84. The van der Waals surface area contributed by atoms with Gasteiger partial charge in [-0.15, -0.1) is 0 Å². The molecule has 1 saturated heterocycles. The molecule has 2 nitrogen and oxygen atoms in total. The van der Waals surface area contributed by atoms with Gasteiger partial charge in [0, 0.05) is 18.6 Å². The molecule has 1 aliphatic rings. The molecule has 2 rings (SSSR count). The maximum atomic E-state index is 6.10. The fourth-order valence-corrected chi connectivity index (χ4v) is 3.47. The summed E-state index contributed by atoms with van der Waals surface area (Å²) in [5.41, 5.74) is 10.2. The Morgan fingerprint density at radius 3 is 2.42 bits per heavy atom. The first-order chi connectivity index (χ1) is 9.02. The average Bonchev–Trinajstić information content (AvgIpc) is 2.34. The van der Waals surface area contributed by atoms with Crippen molar-refractivity contribution >= 4 is 0 Å². The highest BCUT2D eigenvalue weighted by molar-refractivity contribution is 5.31. The molecule has 1 aromatic carbocycles. The molecular weight excluding hydrogens is 232 g/mol. The second kappa shape index (κ2) is 6.06. The summed E-state index contributed by atoms with van der Waals surface area (Å²) in [5, 5.41) is 0. The molecular formula is C17H28N2. The number of hydrogen-bond acceptors (Lipinski definition) is 2. The van der Waals surface area contributed by atoms with Crippen LogP contribution in [0.4, 0.5) is 0 Å². The van der Waals surface area contributed by atoms with E-state index in [9.17, 15) is 0 Å². The lowest BCUT2D eigenvalue weighted by Crippen LogP contribution is -2.46. The van der Waals surface area contributed by atoms with Crippen molar-refractivity contribution in [3.8, 4) is 0 Å². The molecule has 1 aliphatic heterocycles. The first-order valence-electron chi connectivity index (χ1n) is 7.57. The minimum atomic E-state index is 0.372. The predicted octanol–water partition coefficient (Wildman–Crippen LogP) is 3.42. The van der Waals surface area contributed by atoms with Gasteiger partial charge in [-0.25, -0.2) is 0 Å². The molecule has 2 heteroatoms. The highest BCUT2D eigenvalue weighted by Crippen LogP contribution is 2.31. The Labute approximate surface area is 118 Å². The Morgan fingerprint density at radius 2 is 1.84 bits per heavy atom. The van der Waals surface area contributed by atoms with Crippen molar-refractivity contribution in [3.05, 3.63) is 34.9 Å². The molecule has 3 unspecified atom stereocenters. The number of piperidine rings is 1. The molecule has 0 radical (unpaired) electrons. The molecule has 1 aromatic rings. The van der Waals surface area contributed by atoms with Gasteiger partial charge in [-0.2, -0.15) is 0 Å². The van der Waals surface area contributed by atoms with E-state index < -0.39 is 0 Å². The number of nitrogens with zero attached hydrogens (tertiary/aromatic N) is 1. The summed E-state index contributed by atoms with van der Waals surface area (Å²) < 4.78 is 0. The monoisotopic (exact) mass is 260 g/mol. The summed E-state index contributed by atoms with van der Waals surface area (Å²) in [6.45, 7) is 11.0. The van der Waals surface area contributed by atoms with Crippen LogP contribution in [0, 0.1) is 19.8 Å². The summed E-state index contributed by atoms with van der Waals surface area (Å²) in [7, 11) is 0. The van der Waals surface area contributed by atoms with Gasteiger partial charge >= 0.3 is 0 Å². The molecule has 0 bridgehead atoms. The quantitative estimate of drug-likeness (QED) is 0.902. The maximum absolute atomic E-state index is 6.10. The molecule has 0 saturated carbocycles. The summed E-state index contributed by atoms with van der Waals surface area (Å²) >= 11 is 0. The molecule has 1 fully saturated rings. The predicted molar refractivity (Wildman–Crippen MR) is 82.3 cm³/mol. The van der Waals surface area contributed by atoms with E-state index in [4.69, 9.17) is 5.73 Å². The van der Waals surface area contributed by atoms with E-state index in [1.165, 1.54) is 36.1 Å². The standard InChI is InChI=1S/C17H28N2/c1-12-8-13(2)10-16(9-12)17(11-18)19-7-5-6-14(3)15(19)4/h8-10,14-15,17H,5-7,11,18H2,1-4H3. The number of benzene rings is 1. The Hall–Kier alpha value is -0.860. The normalized spacial score (nSPS) is 26.4. The van der Waals surface area contributed by atoms with Crippen LogP contribution in [0.25, 0.3) is 0 Å². The molecule has 3 atom stereocenters. The highest BCUT2D eigenvalue weighted by Gasteiger charge is 2.30. The zero-order valence-corrected chi connectivity index (χ0v) is 12.8. The van der Waals surface area contributed by atoms with Crippen LogP contribution in [0.1, 0.15) is 49.4 Å². The van der Waals surface area contributed by atoms with Crippen LogP contribution in [-0.4, -0.2) is 24.0 Å². The zero-order valence-electron chi connectivity index (χ0n) is 12.8. The van der Waals surface area contributed by atoms with Gasteiger partial charge in [0.25, 0.3) is 0 Å². The van der Waals surface area contributed by atoms with Gasteiger partial charge in [-0.3, -0.25) is 4.90 Å². The van der Waals surface area contributed by atoms with Crippen molar-refractivity contribution in [2.24, 2.45) is 11.7 Å². The van der Waals surface area contributed by atoms with E-state index in [2.05, 4.69) is 50.8 Å². The fourth-order valence-electron chi connectivity index (χ4n) is 3.47. The number of likely N-dealkylation sites (tertiary alicyclic amines) is 1. The van der Waals surface area contributed by atoms with Crippen molar-refractivity contribution in [2.45, 2.75) is 52.6 Å². The maximum Gasteiger partial charge on any atom is 0.0473 e.